The molecule has 0 spiro atoms. The maximum Gasteiger partial charge on any atom is 0.222 e. The van der Waals surface area contributed by atoms with Crippen molar-refractivity contribution >= 4 is 5.91 Å². The molecule has 1 aromatic carbocycles. The van der Waals surface area contributed by atoms with Crippen molar-refractivity contribution in [3.8, 4) is 0 Å². The normalized spacial score (nSPS) is 25.7. The van der Waals surface area contributed by atoms with Crippen LogP contribution in [0, 0.1) is 0 Å². The minimum Gasteiger partial charge on any atom is -0.340 e. The Morgan fingerprint density at radius 1 is 1.04 bits per heavy atom. The zero-order chi connectivity index (χ0) is 19.2. The van der Waals surface area contributed by atoms with Gasteiger partial charge in [0, 0.05) is 63.8 Å². The Labute approximate surface area is 164 Å². The fourth-order valence-electron chi connectivity index (χ4n) is 4.47. The number of rotatable bonds is 7. The highest BCUT2D eigenvalue weighted by Gasteiger charge is 2.28. The number of hydrogen-bond acceptors (Lipinski definition) is 4. The second kappa shape index (κ2) is 9.67. The van der Waals surface area contributed by atoms with E-state index in [0.717, 1.165) is 56.9 Å². The van der Waals surface area contributed by atoms with Gasteiger partial charge in [-0.1, -0.05) is 30.3 Å². The van der Waals surface area contributed by atoms with E-state index in [2.05, 4.69) is 23.6 Å². The largest absolute Gasteiger partial charge is 0.340 e. The van der Waals surface area contributed by atoms with E-state index in [0.29, 0.717) is 12.8 Å². The van der Waals surface area contributed by atoms with Crippen molar-refractivity contribution in [1.82, 2.24) is 14.7 Å². The number of likely N-dealkylation sites (tertiary alicyclic amines) is 1. The van der Waals surface area contributed by atoms with Gasteiger partial charge in [-0.3, -0.25) is 14.6 Å². The summed E-state index contributed by atoms with van der Waals surface area (Å²) in [4.78, 5) is 19.7. The van der Waals surface area contributed by atoms with Crippen LogP contribution in [0.25, 0.3) is 0 Å². The molecular formula is C22H36N4O. The zero-order valence-corrected chi connectivity index (χ0v) is 17.0. The van der Waals surface area contributed by atoms with Crippen molar-refractivity contribution in [2.75, 3.05) is 39.3 Å². The smallest absolute Gasteiger partial charge is 0.222 e. The summed E-state index contributed by atoms with van der Waals surface area (Å²) in [5.41, 5.74) is 7.34. The minimum atomic E-state index is -0.0547. The average Bonchev–Trinajstić information content (AvgIpc) is 3.03. The maximum absolute atomic E-state index is 12.5. The quantitative estimate of drug-likeness (QED) is 0.799. The lowest BCUT2D eigenvalue weighted by Crippen LogP contribution is -2.50. The molecule has 0 saturated carbocycles. The molecule has 2 fully saturated rings. The number of hydrogen-bond donors (Lipinski definition) is 1. The molecule has 0 aliphatic carbocycles. The van der Waals surface area contributed by atoms with E-state index in [-0.39, 0.29) is 11.9 Å². The van der Waals surface area contributed by atoms with E-state index >= 15 is 0 Å². The number of piperazine rings is 1. The van der Waals surface area contributed by atoms with Gasteiger partial charge in [-0.25, -0.2) is 0 Å². The highest BCUT2D eigenvalue weighted by Crippen LogP contribution is 2.23. The first kappa shape index (κ1) is 20.3. The van der Waals surface area contributed by atoms with Crippen LogP contribution in [0.2, 0.25) is 0 Å². The minimum absolute atomic E-state index is 0.0547. The van der Waals surface area contributed by atoms with Gasteiger partial charge >= 0.3 is 0 Å². The summed E-state index contributed by atoms with van der Waals surface area (Å²) in [5.74, 6) is 0.253. The zero-order valence-electron chi connectivity index (χ0n) is 17.0. The van der Waals surface area contributed by atoms with E-state index in [1.807, 2.05) is 35.2 Å². The van der Waals surface area contributed by atoms with Gasteiger partial charge in [0.25, 0.3) is 0 Å². The lowest BCUT2D eigenvalue weighted by Gasteiger charge is -2.36. The van der Waals surface area contributed by atoms with Gasteiger partial charge < -0.3 is 10.6 Å². The fourth-order valence-corrected chi connectivity index (χ4v) is 4.47. The lowest BCUT2D eigenvalue weighted by atomic mass is 10.0. The Bertz CT molecular complexity index is 575. The van der Waals surface area contributed by atoms with Crippen LogP contribution in [-0.4, -0.2) is 72.0 Å². The van der Waals surface area contributed by atoms with E-state index in [1.165, 1.54) is 12.8 Å². The lowest BCUT2D eigenvalue weighted by molar-refractivity contribution is -0.133. The van der Waals surface area contributed by atoms with Crippen molar-refractivity contribution in [3.05, 3.63) is 35.9 Å². The first-order valence-corrected chi connectivity index (χ1v) is 10.6. The summed E-state index contributed by atoms with van der Waals surface area (Å²) in [6.07, 6.45) is 3.91. The second-order valence-corrected chi connectivity index (χ2v) is 8.29. The van der Waals surface area contributed by atoms with Crippen LogP contribution in [0.15, 0.2) is 30.3 Å². The van der Waals surface area contributed by atoms with Gasteiger partial charge in [-0.05, 0) is 38.7 Å². The van der Waals surface area contributed by atoms with Gasteiger partial charge in [0.1, 0.15) is 0 Å². The molecule has 0 bridgehead atoms. The van der Waals surface area contributed by atoms with Crippen molar-refractivity contribution in [3.63, 3.8) is 0 Å². The Balaban J connectivity index is 1.35. The molecule has 150 valence electrons. The Morgan fingerprint density at radius 3 is 2.30 bits per heavy atom. The Hall–Kier alpha value is -1.43. The highest BCUT2D eigenvalue weighted by molar-refractivity contribution is 5.76. The average molecular weight is 373 g/mol. The number of nitrogens with two attached hydrogens (primary N) is 1. The van der Waals surface area contributed by atoms with Crippen molar-refractivity contribution < 1.29 is 4.79 Å². The van der Waals surface area contributed by atoms with Crippen LogP contribution in [0.3, 0.4) is 0 Å². The van der Waals surface area contributed by atoms with E-state index < -0.39 is 0 Å². The number of carbonyl (C=O) groups is 1. The van der Waals surface area contributed by atoms with E-state index in [4.69, 9.17) is 5.73 Å². The predicted molar refractivity (Wildman–Crippen MR) is 110 cm³/mol. The third kappa shape index (κ3) is 5.53. The molecule has 27 heavy (non-hydrogen) atoms. The van der Waals surface area contributed by atoms with Crippen LogP contribution in [0.4, 0.5) is 0 Å². The standard InChI is InChI=1S/C22H36N4O/c1-18-8-9-19(2)26(18)17-14-24-12-15-25(16-13-24)22(27)11-10-21(23)20-6-4-3-5-7-20/h3-7,18-19,21H,8-17,23H2,1-2H3/t18-,19-,21-/m1/s1. The van der Waals surface area contributed by atoms with Gasteiger partial charge in [0.15, 0.2) is 0 Å². The molecule has 0 radical (unpaired) electrons. The van der Waals surface area contributed by atoms with Crippen LogP contribution >= 0.6 is 0 Å². The maximum atomic E-state index is 12.5. The molecule has 3 atom stereocenters. The van der Waals surface area contributed by atoms with Gasteiger partial charge in [-0.15, -0.1) is 0 Å². The summed E-state index contributed by atoms with van der Waals surface area (Å²) in [6.45, 7) is 10.7. The summed E-state index contributed by atoms with van der Waals surface area (Å²) < 4.78 is 0. The van der Waals surface area contributed by atoms with Gasteiger partial charge in [-0.2, -0.15) is 0 Å². The van der Waals surface area contributed by atoms with Crippen molar-refractivity contribution in [2.45, 2.75) is 57.7 Å². The molecule has 2 N–H and O–H groups in total. The van der Waals surface area contributed by atoms with Crippen molar-refractivity contribution in [1.29, 1.82) is 0 Å². The molecule has 3 rings (SSSR count). The van der Waals surface area contributed by atoms with Gasteiger partial charge in [0.05, 0.1) is 0 Å². The van der Waals surface area contributed by atoms with Crippen LogP contribution in [0.1, 0.15) is 51.1 Å². The topological polar surface area (TPSA) is 52.8 Å². The number of nitrogens with zero attached hydrogens (tertiary/aromatic N) is 3. The molecule has 0 aromatic heterocycles. The van der Waals surface area contributed by atoms with Crippen molar-refractivity contribution in [2.24, 2.45) is 5.73 Å². The molecule has 0 unspecified atom stereocenters. The molecule has 1 amide bonds. The van der Waals surface area contributed by atoms with Crippen LogP contribution < -0.4 is 5.73 Å². The number of benzene rings is 1. The Morgan fingerprint density at radius 2 is 1.67 bits per heavy atom. The molecule has 2 aliphatic rings. The third-order valence-electron chi connectivity index (χ3n) is 6.43. The second-order valence-electron chi connectivity index (χ2n) is 8.29. The summed E-state index contributed by atoms with van der Waals surface area (Å²) in [7, 11) is 0. The monoisotopic (exact) mass is 372 g/mol. The third-order valence-corrected chi connectivity index (χ3v) is 6.43. The summed E-state index contributed by atoms with van der Waals surface area (Å²) in [5, 5.41) is 0. The van der Waals surface area contributed by atoms with Crippen LogP contribution in [-0.2, 0) is 4.79 Å². The molecule has 2 aliphatic heterocycles. The van der Waals surface area contributed by atoms with Gasteiger partial charge in [0.2, 0.25) is 5.91 Å². The number of amides is 1. The molecule has 5 nitrogen and oxygen atoms in total. The first-order valence-electron chi connectivity index (χ1n) is 10.6. The van der Waals surface area contributed by atoms with E-state index in [9.17, 15) is 4.79 Å². The Kier molecular flexibility index (Phi) is 7.27. The molecular weight excluding hydrogens is 336 g/mol. The first-order chi connectivity index (χ1) is 13.0. The fraction of sp³-hybridized carbons (Fsp3) is 0.682. The highest BCUT2D eigenvalue weighted by atomic mass is 16.2. The molecule has 2 saturated heterocycles. The SMILES string of the molecule is C[C@@H]1CC[C@@H](C)N1CCN1CCN(C(=O)CC[C@@H](N)c2ccccc2)CC1. The molecule has 5 heteroatoms. The summed E-state index contributed by atoms with van der Waals surface area (Å²) >= 11 is 0. The van der Waals surface area contributed by atoms with E-state index in [1.54, 1.807) is 0 Å². The predicted octanol–water partition coefficient (Wildman–Crippen LogP) is 2.48. The van der Waals surface area contributed by atoms with Crippen LogP contribution in [0.5, 0.6) is 0 Å². The molecule has 1 aromatic rings. The molecule has 2 heterocycles. The summed E-state index contributed by atoms with van der Waals surface area (Å²) in [6, 6.07) is 11.5. The number of carbonyl (C=O) groups excluding carboxylic acids is 1.